The molecule has 2 rings (SSSR count). The van der Waals surface area contributed by atoms with Gasteiger partial charge in [-0.05, 0) is 24.5 Å². The number of carbonyl (C=O) groups excluding carboxylic acids is 1. The quantitative estimate of drug-likeness (QED) is 0.610. The maximum Gasteiger partial charge on any atom is 0.328 e. The summed E-state index contributed by atoms with van der Waals surface area (Å²) in [7, 11) is 1.39. The maximum absolute atomic E-state index is 12.2. The first-order valence-corrected chi connectivity index (χ1v) is 7.70. The Morgan fingerprint density at radius 3 is 2.71 bits per heavy atom. The average molecular weight is 329 g/mol. The molecule has 1 atom stereocenters. The fourth-order valence-corrected chi connectivity index (χ4v) is 2.86. The molecule has 1 heterocycles. The van der Waals surface area contributed by atoms with Crippen LogP contribution in [-0.4, -0.2) is 22.6 Å². The fourth-order valence-electron chi connectivity index (χ4n) is 2.46. The minimum absolute atomic E-state index is 0.205. The molecule has 1 aromatic carbocycles. The molecule has 4 nitrogen and oxygen atoms in total. The molecule has 0 fully saturated rings. The number of ether oxygens (including phenoxy) is 1. The van der Waals surface area contributed by atoms with Gasteiger partial charge in [0.15, 0.2) is 0 Å². The highest BCUT2D eigenvalue weighted by molar-refractivity contribution is 6.35. The number of hydrogen-bond acceptors (Lipinski definition) is 3. The van der Waals surface area contributed by atoms with Gasteiger partial charge in [0.05, 0.1) is 23.5 Å². The number of hydrogen-bond donors (Lipinski definition) is 0. The molecule has 6 heteroatoms. The molecule has 0 saturated heterocycles. The molecular formula is C15H18Cl2N2O2. The monoisotopic (exact) mass is 328 g/mol. The van der Waals surface area contributed by atoms with Gasteiger partial charge in [0.25, 0.3) is 0 Å². The SMILES string of the molecule is COC(=O)C(CC(C)C)n1c(CCl)nc2c(Cl)cccc21. The van der Waals surface area contributed by atoms with Crippen LogP contribution in [0.3, 0.4) is 0 Å². The van der Waals surface area contributed by atoms with Crippen molar-refractivity contribution in [2.24, 2.45) is 5.92 Å². The van der Waals surface area contributed by atoms with Gasteiger partial charge in [0.2, 0.25) is 0 Å². The van der Waals surface area contributed by atoms with E-state index in [1.54, 1.807) is 6.07 Å². The van der Waals surface area contributed by atoms with Crippen LogP contribution in [0.4, 0.5) is 0 Å². The van der Waals surface area contributed by atoms with Crippen molar-refractivity contribution in [2.75, 3.05) is 7.11 Å². The lowest BCUT2D eigenvalue weighted by Crippen LogP contribution is -2.24. The Bertz CT molecular complexity index is 652. The van der Waals surface area contributed by atoms with Gasteiger partial charge in [-0.25, -0.2) is 9.78 Å². The van der Waals surface area contributed by atoms with Crippen molar-refractivity contribution in [3.8, 4) is 0 Å². The van der Waals surface area contributed by atoms with Crippen LogP contribution in [0, 0.1) is 5.92 Å². The van der Waals surface area contributed by atoms with E-state index < -0.39 is 6.04 Å². The van der Waals surface area contributed by atoms with Crippen molar-refractivity contribution < 1.29 is 9.53 Å². The zero-order valence-corrected chi connectivity index (χ0v) is 13.8. The van der Waals surface area contributed by atoms with Gasteiger partial charge in [0, 0.05) is 0 Å². The number of para-hydroxylation sites is 1. The van der Waals surface area contributed by atoms with Crippen LogP contribution in [0.15, 0.2) is 18.2 Å². The van der Waals surface area contributed by atoms with Crippen LogP contribution in [0.5, 0.6) is 0 Å². The summed E-state index contributed by atoms with van der Waals surface area (Å²) in [4.78, 5) is 16.7. The van der Waals surface area contributed by atoms with Crippen LogP contribution >= 0.6 is 23.2 Å². The lowest BCUT2D eigenvalue weighted by molar-refractivity contribution is -0.145. The predicted octanol–water partition coefficient (Wildman–Crippen LogP) is 4.19. The third-order valence-corrected chi connectivity index (χ3v) is 3.89. The van der Waals surface area contributed by atoms with E-state index in [4.69, 9.17) is 27.9 Å². The molecule has 1 aromatic heterocycles. The number of methoxy groups -OCH3 is 1. The normalized spacial score (nSPS) is 12.9. The van der Waals surface area contributed by atoms with E-state index in [2.05, 4.69) is 18.8 Å². The number of halogens is 2. The molecule has 0 saturated carbocycles. The number of benzene rings is 1. The Balaban J connectivity index is 2.65. The molecule has 0 aliphatic carbocycles. The number of imidazole rings is 1. The minimum atomic E-state index is -0.452. The lowest BCUT2D eigenvalue weighted by atomic mass is 10.0. The molecule has 0 aliphatic rings. The van der Waals surface area contributed by atoms with E-state index >= 15 is 0 Å². The van der Waals surface area contributed by atoms with Crippen molar-refractivity contribution >= 4 is 40.2 Å². The number of rotatable bonds is 5. The number of aromatic nitrogens is 2. The molecule has 0 aliphatic heterocycles. The zero-order chi connectivity index (χ0) is 15.6. The molecule has 0 bridgehead atoms. The molecular weight excluding hydrogens is 311 g/mol. The van der Waals surface area contributed by atoms with E-state index in [-0.39, 0.29) is 11.8 Å². The summed E-state index contributed by atoms with van der Waals surface area (Å²) in [6.07, 6.45) is 0.647. The van der Waals surface area contributed by atoms with Gasteiger partial charge in [0.1, 0.15) is 17.4 Å². The van der Waals surface area contributed by atoms with Crippen molar-refractivity contribution in [3.63, 3.8) is 0 Å². The first-order chi connectivity index (χ1) is 9.99. The summed E-state index contributed by atoms with van der Waals surface area (Å²) in [5.41, 5.74) is 1.46. The maximum atomic E-state index is 12.2. The summed E-state index contributed by atoms with van der Waals surface area (Å²) in [5, 5.41) is 0.547. The summed E-state index contributed by atoms with van der Waals surface area (Å²) in [6.45, 7) is 4.12. The first kappa shape index (κ1) is 16.1. The predicted molar refractivity (Wildman–Crippen MR) is 84.8 cm³/mol. The Labute approximate surface area is 134 Å². The second-order valence-corrected chi connectivity index (χ2v) is 5.98. The van der Waals surface area contributed by atoms with Gasteiger partial charge in [-0.3, -0.25) is 0 Å². The topological polar surface area (TPSA) is 44.1 Å². The lowest BCUT2D eigenvalue weighted by Gasteiger charge is -2.21. The summed E-state index contributed by atoms with van der Waals surface area (Å²) in [5.74, 6) is 0.857. The van der Waals surface area contributed by atoms with Crippen molar-refractivity contribution in [1.82, 2.24) is 9.55 Å². The van der Waals surface area contributed by atoms with Gasteiger partial charge in [-0.2, -0.15) is 0 Å². The zero-order valence-electron chi connectivity index (χ0n) is 12.3. The summed E-state index contributed by atoms with van der Waals surface area (Å²) < 4.78 is 6.80. The molecule has 0 spiro atoms. The van der Waals surface area contributed by atoms with E-state index in [0.29, 0.717) is 28.7 Å². The average Bonchev–Trinajstić information content (AvgIpc) is 2.83. The number of fused-ring (bicyclic) bond motifs is 1. The smallest absolute Gasteiger partial charge is 0.328 e. The second kappa shape index (κ2) is 6.67. The van der Waals surface area contributed by atoms with Gasteiger partial charge < -0.3 is 9.30 Å². The molecule has 1 unspecified atom stereocenters. The largest absolute Gasteiger partial charge is 0.467 e. The van der Waals surface area contributed by atoms with Crippen LogP contribution in [-0.2, 0) is 15.4 Å². The third-order valence-electron chi connectivity index (χ3n) is 3.34. The number of esters is 1. The van der Waals surface area contributed by atoms with Crippen molar-refractivity contribution in [1.29, 1.82) is 0 Å². The molecule has 2 aromatic rings. The van der Waals surface area contributed by atoms with E-state index in [0.717, 1.165) is 5.52 Å². The molecule has 0 radical (unpaired) electrons. The van der Waals surface area contributed by atoms with Crippen LogP contribution in [0.1, 0.15) is 32.1 Å². The van der Waals surface area contributed by atoms with Gasteiger partial charge >= 0.3 is 5.97 Å². The number of alkyl halides is 1. The highest BCUT2D eigenvalue weighted by atomic mass is 35.5. The molecule has 114 valence electrons. The van der Waals surface area contributed by atoms with E-state index in [1.165, 1.54) is 7.11 Å². The summed E-state index contributed by atoms with van der Waals surface area (Å²) in [6, 6.07) is 5.05. The second-order valence-electron chi connectivity index (χ2n) is 5.31. The first-order valence-electron chi connectivity index (χ1n) is 6.78. The molecule has 0 amide bonds. The van der Waals surface area contributed by atoms with Crippen LogP contribution < -0.4 is 0 Å². The molecule has 21 heavy (non-hydrogen) atoms. The Morgan fingerprint density at radius 2 is 2.14 bits per heavy atom. The Kier molecular flexibility index (Phi) is 5.12. The van der Waals surface area contributed by atoms with Crippen LogP contribution in [0.25, 0.3) is 11.0 Å². The number of nitrogens with zero attached hydrogens (tertiary/aromatic N) is 2. The van der Waals surface area contributed by atoms with E-state index in [9.17, 15) is 4.79 Å². The van der Waals surface area contributed by atoms with Gasteiger partial charge in [-0.15, -0.1) is 11.6 Å². The van der Waals surface area contributed by atoms with Crippen LogP contribution in [0.2, 0.25) is 5.02 Å². The Morgan fingerprint density at radius 1 is 1.43 bits per heavy atom. The molecule has 0 N–H and O–H groups in total. The minimum Gasteiger partial charge on any atom is -0.467 e. The van der Waals surface area contributed by atoms with Crippen molar-refractivity contribution in [2.45, 2.75) is 32.2 Å². The van der Waals surface area contributed by atoms with Crippen molar-refractivity contribution in [3.05, 3.63) is 29.0 Å². The van der Waals surface area contributed by atoms with Gasteiger partial charge in [-0.1, -0.05) is 31.5 Å². The number of carbonyl (C=O) groups is 1. The highest BCUT2D eigenvalue weighted by Gasteiger charge is 2.27. The fraction of sp³-hybridized carbons (Fsp3) is 0.467. The third kappa shape index (κ3) is 3.16. The van der Waals surface area contributed by atoms with E-state index in [1.807, 2.05) is 16.7 Å². The standard InChI is InChI=1S/C15H18Cl2N2O2/c1-9(2)7-12(15(20)21-3)19-11-6-4-5-10(17)14(11)18-13(19)8-16/h4-6,9,12H,7-8H2,1-3H3. The highest BCUT2D eigenvalue weighted by Crippen LogP contribution is 2.30. The Hall–Kier alpha value is -1.26. The summed E-state index contributed by atoms with van der Waals surface area (Å²) >= 11 is 12.2.